The molecule has 1 aromatic heterocycles. The molecule has 1 N–H and O–H groups in total. The van der Waals surface area contributed by atoms with Gasteiger partial charge in [0.25, 0.3) is 0 Å². The van der Waals surface area contributed by atoms with Crippen LogP contribution in [0.2, 0.25) is 0 Å². The van der Waals surface area contributed by atoms with Crippen LogP contribution in [0.15, 0.2) is 53.9 Å². The molecule has 0 atom stereocenters. The molecule has 2 amide bonds. The van der Waals surface area contributed by atoms with Gasteiger partial charge in [-0.2, -0.15) is 0 Å². The molecule has 3 aromatic rings. The molecule has 0 radical (unpaired) electrons. The smallest absolute Gasteiger partial charge is 0.231 e. The molecule has 27 heavy (non-hydrogen) atoms. The maximum atomic E-state index is 12.2. The first-order valence-corrected chi connectivity index (χ1v) is 9.63. The highest BCUT2D eigenvalue weighted by atomic mass is 32.1. The van der Waals surface area contributed by atoms with E-state index in [4.69, 9.17) is 0 Å². The Hall–Kier alpha value is -2.99. The van der Waals surface area contributed by atoms with Crippen molar-refractivity contribution in [1.29, 1.82) is 0 Å². The lowest BCUT2D eigenvalue weighted by Crippen LogP contribution is -2.24. The van der Waals surface area contributed by atoms with Crippen LogP contribution in [-0.4, -0.2) is 23.8 Å². The van der Waals surface area contributed by atoms with E-state index in [9.17, 15) is 9.59 Å². The van der Waals surface area contributed by atoms with E-state index in [1.807, 2.05) is 53.9 Å². The topological polar surface area (TPSA) is 62.3 Å². The lowest BCUT2D eigenvalue weighted by atomic mass is 10.1. The summed E-state index contributed by atoms with van der Waals surface area (Å²) >= 11 is 1.48. The fourth-order valence-corrected chi connectivity index (χ4v) is 3.95. The number of carbonyl (C=O) groups excluding carboxylic acids is 2. The van der Waals surface area contributed by atoms with Crippen molar-refractivity contribution >= 4 is 28.8 Å². The van der Waals surface area contributed by atoms with E-state index in [1.54, 1.807) is 11.9 Å². The van der Waals surface area contributed by atoms with Gasteiger partial charge >= 0.3 is 0 Å². The predicted octanol–water partition coefficient (Wildman–Crippen LogP) is 3.19. The monoisotopic (exact) mass is 377 g/mol. The Morgan fingerprint density at radius 1 is 1.22 bits per heavy atom. The van der Waals surface area contributed by atoms with Crippen molar-refractivity contribution in [3.05, 3.63) is 70.0 Å². The van der Waals surface area contributed by atoms with Crippen molar-refractivity contribution in [2.45, 2.75) is 19.4 Å². The van der Waals surface area contributed by atoms with Gasteiger partial charge in [0.1, 0.15) is 5.01 Å². The van der Waals surface area contributed by atoms with Crippen LogP contribution in [0.5, 0.6) is 0 Å². The number of amides is 2. The normalized spacial score (nSPS) is 12.9. The van der Waals surface area contributed by atoms with E-state index in [2.05, 4.69) is 10.3 Å². The Balaban J connectivity index is 1.41. The van der Waals surface area contributed by atoms with Crippen LogP contribution >= 0.6 is 11.3 Å². The third kappa shape index (κ3) is 3.75. The SMILES string of the molecule is CN1C(=O)Cc2cc(-c3csc(CC(=O)NCc4ccccc4)n3)ccc21. The summed E-state index contributed by atoms with van der Waals surface area (Å²) in [5.74, 6) is 0.0668. The highest BCUT2D eigenvalue weighted by Crippen LogP contribution is 2.32. The summed E-state index contributed by atoms with van der Waals surface area (Å²) in [6, 6.07) is 15.8. The highest BCUT2D eigenvalue weighted by Gasteiger charge is 2.24. The first-order chi connectivity index (χ1) is 13.1. The van der Waals surface area contributed by atoms with Gasteiger partial charge in [0, 0.05) is 30.2 Å². The molecule has 0 saturated carbocycles. The van der Waals surface area contributed by atoms with Gasteiger partial charge < -0.3 is 10.2 Å². The number of aromatic nitrogens is 1. The van der Waals surface area contributed by atoms with Crippen LogP contribution in [0.4, 0.5) is 5.69 Å². The second-order valence-corrected chi connectivity index (χ2v) is 7.48. The van der Waals surface area contributed by atoms with Crippen molar-refractivity contribution in [1.82, 2.24) is 10.3 Å². The number of benzene rings is 2. The number of nitrogens with zero attached hydrogens (tertiary/aromatic N) is 2. The van der Waals surface area contributed by atoms with Gasteiger partial charge in [-0.05, 0) is 23.3 Å². The average molecular weight is 377 g/mol. The molecule has 0 saturated heterocycles. The Kier molecular flexibility index (Phi) is 4.73. The first kappa shape index (κ1) is 17.4. The number of thiazole rings is 1. The lowest BCUT2D eigenvalue weighted by molar-refractivity contribution is -0.120. The molecule has 2 heterocycles. The number of hydrogen-bond donors (Lipinski definition) is 1. The number of nitrogens with one attached hydrogen (secondary N) is 1. The van der Waals surface area contributed by atoms with Gasteiger partial charge in [0.2, 0.25) is 11.8 Å². The van der Waals surface area contributed by atoms with E-state index in [0.29, 0.717) is 13.0 Å². The van der Waals surface area contributed by atoms with Crippen LogP contribution in [0, 0.1) is 0 Å². The van der Waals surface area contributed by atoms with Crippen LogP contribution in [0.25, 0.3) is 11.3 Å². The van der Waals surface area contributed by atoms with Crippen LogP contribution < -0.4 is 10.2 Å². The fourth-order valence-electron chi connectivity index (χ4n) is 3.15. The van der Waals surface area contributed by atoms with E-state index < -0.39 is 0 Å². The zero-order valence-corrected chi connectivity index (χ0v) is 15.8. The standard InChI is InChI=1S/C21H19N3O2S/c1-24-18-8-7-15(9-16(18)10-21(24)26)17-13-27-20(23-17)11-19(25)22-12-14-5-3-2-4-6-14/h2-9,13H,10-12H2,1H3,(H,22,25). The summed E-state index contributed by atoms with van der Waals surface area (Å²) in [6.07, 6.45) is 0.697. The van der Waals surface area contributed by atoms with Gasteiger partial charge in [-0.25, -0.2) is 4.98 Å². The molecule has 0 unspecified atom stereocenters. The average Bonchev–Trinajstić information content (AvgIpc) is 3.25. The summed E-state index contributed by atoms with van der Waals surface area (Å²) in [4.78, 5) is 30.3. The predicted molar refractivity (Wildman–Crippen MR) is 107 cm³/mol. The summed E-state index contributed by atoms with van der Waals surface area (Å²) in [5, 5.41) is 5.67. The molecule has 0 fully saturated rings. The van der Waals surface area contributed by atoms with E-state index >= 15 is 0 Å². The van der Waals surface area contributed by atoms with Crippen molar-refractivity contribution in [2.24, 2.45) is 0 Å². The Bertz CT molecular complexity index is 998. The van der Waals surface area contributed by atoms with Gasteiger partial charge in [0.05, 0.1) is 18.5 Å². The maximum absolute atomic E-state index is 12.2. The number of likely N-dealkylation sites (N-methyl/N-ethyl adjacent to an activating group) is 1. The number of hydrogen-bond acceptors (Lipinski definition) is 4. The molecule has 5 nitrogen and oxygen atoms in total. The second-order valence-electron chi connectivity index (χ2n) is 6.54. The Labute approximate surface area is 161 Å². The second kappa shape index (κ2) is 7.32. The molecular formula is C21H19N3O2S. The first-order valence-electron chi connectivity index (χ1n) is 8.75. The molecule has 136 valence electrons. The molecule has 1 aliphatic heterocycles. The lowest BCUT2D eigenvalue weighted by Gasteiger charge is -2.09. The number of fused-ring (bicyclic) bond motifs is 1. The summed E-state index contributed by atoms with van der Waals surface area (Å²) in [7, 11) is 1.79. The van der Waals surface area contributed by atoms with Crippen LogP contribution in [0.3, 0.4) is 0 Å². The Morgan fingerprint density at radius 2 is 2.04 bits per heavy atom. The van der Waals surface area contributed by atoms with Crippen molar-refractivity contribution in [2.75, 3.05) is 11.9 Å². The molecular weight excluding hydrogens is 358 g/mol. The summed E-state index contributed by atoms with van der Waals surface area (Å²) < 4.78 is 0. The maximum Gasteiger partial charge on any atom is 0.231 e. The van der Waals surface area contributed by atoms with E-state index in [1.165, 1.54) is 11.3 Å². The Morgan fingerprint density at radius 3 is 2.85 bits per heavy atom. The fraction of sp³-hybridized carbons (Fsp3) is 0.190. The van der Waals surface area contributed by atoms with Crippen molar-refractivity contribution in [3.63, 3.8) is 0 Å². The van der Waals surface area contributed by atoms with Gasteiger partial charge in [-0.1, -0.05) is 36.4 Å². The van der Waals surface area contributed by atoms with Crippen LogP contribution in [-0.2, 0) is 29.0 Å². The summed E-state index contributed by atoms with van der Waals surface area (Å²) in [5.41, 5.74) is 4.87. The molecule has 0 spiro atoms. The van der Waals surface area contributed by atoms with Gasteiger partial charge in [-0.3, -0.25) is 9.59 Å². The largest absolute Gasteiger partial charge is 0.352 e. The molecule has 1 aliphatic rings. The quantitative estimate of drug-likeness (QED) is 0.743. The van der Waals surface area contributed by atoms with E-state index in [-0.39, 0.29) is 18.2 Å². The minimum Gasteiger partial charge on any atom is -0.352 e. The van der Waals surface area contributed by atoms with E-state index in [0.717, 1.165) is 33.1 Å². The third-order valence-electron chi connectivity index (χ3n) is 4.65. The zero-order valence-electron chi connectivity index (χ0n) is 14.9. The number of rotatable bonds is 5. The molecule has 2 aromatic carbocycles. The minimum atomic E-state index is -0.0408. The van der Waals surface area contributed by atoms with Crippen LogP contribution in [0.1, 0.15) is 16.1 Å². The molecule has 0 aliphatic carbocycles. The molecule has 4 rings (SSSR count). The minimum absolute atomic E-state index is 0.0408. The van der Waals surface area contributed by atoms with Crippen molar-refractivity contribution in [3.8, 4) is 11.3 Å². The molecule has 0 bridgehead atoms. The van der Waals surface area contributed by atoms with Crippen molar-refractivity contribution < 1.29 is 9.59 Å². The highest BCUT2D eigenvalue weighted by molar-refractivity contribution is 7.10. The summed E-state index contributed by atoms with van der Waals surface area (Å²) in [6.45, 7) is 0.518. The number of anilines is 1. The third-order valence-corrected chi connectivity index (χ3v) is 5.50. The molecule has 6 heteroatoms. The number of carbonyl (C=O) groups is 2. The van der Waals surface area contributed by atoms with Gasteiger partial charge in [-0.15, -0.1) is 11.3 Å². The van der Waals surface area contributed by atoms with Gasteiger partial charge in [0.15, 0.2) is 0 Å². The zero-order chi connectivity index (χ0) is 18.8.